The molecule has 1 aromatic carbocycles. The molecule has 1 atom stereocenters. The van der Waals surface area contributed by atoms with E-state index in [2.05, 4.69) is 10.3 Å². The Morgan fingerprint density at radius 2 is 1.96 bits per heavy atom. The van der Waals surface area contributed by atoms with Gasteiger partial charge >= 0.3 is 5.97 Å². The smallest absolute Gasteiger partial charge is 0.341 e. The summed E-state index contributed by atoms with van der Waals surface area (Å²) in [5, 5.41) is 11.4. The van der Waals surface area contributed by atoms with E-state index in [0.29, 0.717) is 17.3 Å². The molecule has 0 saturated carbocycles. The van der Waals surface area contributed by atoms with Gasteiger partial charge < -0.3 is 19.6 Å². The van der Waals surface area contributed by atoms with Crippen molar-refractivity contribution < 1.29 is 23.8 Å². The Balaban J connectivity index is 2.00. The van der Waals surface area contributed by atoms with Crippen molar-refractivity contribution in [1.82, 2.24) is 10.3 Å². The van der Waals surface area contributed by atoms with E-state index in [1.807, 2.05) is 6.92 Å². The predicted octanol–water partition coefficient (Wildman–Crippen LogP) is 2.25. The number of ether oxygens (including phenoxy) is 1. The van der Waals surface area contributed by atoms with Gasteiger partial charge in [-0.2, -0.15) is 0 Å². The number of carbonyl (C=O) groups is 2. The molecule has 1 unspecified atom stereocenters. The van der Waals surface area contributed by atoms with Gasteiger partial charge in [-0.1, -0.05) is 12.1 Å². The third-order valence-corrected chi connectivity index (χ3v) is 3.20. The van der Waals surface area contributed by atoms with Crippen molar-refractivity contribution >= 4 is 11.9 Å². The number of nitrogens with zero attached hydrogens (tertiary/aromatic N) is 1. The lowest BCUT2D eigenvalue weighted by molar-refractivity contribution is -0.139. The van der Waals surface area contributed by atoms with E-state index in [-0.39, 0.29) is 17.7 Å². The number of nitrogens with one attached hydrogen (secondary N) is 1. The average molecular weight is 318 g/mol. The number of carboxylic acid groups (broad SMARTS) is 1. The Bertz CT molecular complexity index is 706. The first-order chi connectivity index (χ1) is 10.9. The molecule has 7 nitrogen and oxygen atoms in total. The van der Waals surface area contributed by atoms with Gasteiger partial charge in [0, 0.05) is 6.92 Å². The predicted molar refractivity (Wildman–Crippen MR) is 81.4 cm³/mol. The van der Waals surface area contributed by atoms with Gasteiger partial charge in [0.2, 0.25) is 5.76 Å². The molecule has 0 saturated heterocycles. The van der Waals surface area contributed by atoms with Crippen LogP contribution in [-0.4, -0.2) is 28.6 Å². The molecule has 2 aromatic rings. The molecule has 2 N–H and O–H groups in total. The number of aliphatic carboxylic acids is 1. The van der Waals surface area contributed by atoms with Crippen molar-refractivity contribution in [1.29, 1.82) is 0 Å². The summed E-state index contributed by atoms with van der Waals surface area (Å²) in [6.07, 6.45) is 0. The summed E-state index contributed by atoms with van der Waals surface area (Å²) in [6, 6.07) is 6.59. The first-order valence-electron chi connectivity index (χ1n) is 7.06. The summed E-state index contributed by atoms with van der Waals surface area (Å²) in [5.41, 5.74) is 1.40. The van der Waals surface area contributed by atoms with Crippen molar-refractivity contribution in [3.8, 4) is 5.75 Å². The number of carboxylic acids is 1. The third kappa shape index (κ3) is 4.32. The van der Waals surface area contributed by atoms with Crippen LogP contribution >= 0.6 is 0 Å². The Hall–Kier alpha value is -2.83. The first-order valence-corrected chi connectivity index (χ1v) is 7.06. The first kappa shape index (κ1) is 16.5. The van der Waals surface area contributed by atoms with Crippen LogP contribution in [0.4, 0.5) is 0 Å². The number of benzene rings is 1. The molecule has 1 amide bonds. The molecule has 1 heterocycles. The molecule has 0 spiro atoms. The fourth-order valence-electron chi connectivity index (χ4n) is 2.09. The highest BCUT2D eigenvalue weighted by Gasteiger charge is 2.18. The van der Waals surface area contributed by atoms with Crippen LogP contribution < -0.4 is 10.1 Å². The summed E-state index contributed by atoms with van der Waals surface area (Å²) in [6.45, 7) is 4.84. The largest absolute Gasteiger partial charge is 0.482 e. The Morgan fingerprint density at radius 3 is 2.48 bits per heavy atom. The number of amides is 1. The summed E-state index contributed by atoms with van der Waals surface area (Å²) >= 11 is 0. The minimum Gasteiger partial charge on any atom is -0.482 e. The molecule has 1 aromatic heterocycles. The topological polar surface area (TPSA) is 102 Å². The number of hydrogen-bond acceptors (Lipinski definition) is 5. The summed E-state index contributed by atoms with van der Waals surface area (Å²) < 4.78 is 10.3. The zero-order chi connectivity index (χ0) is 17.0. The quantitative estimate of drug-likeness (QED) is 0.847. The second-order valence-electron chi connectivity index (χ2n) is 5.09. The number of aromatic nitrogens is 1. The molecule has 0 aliphatic carbocycles. The van der Waals surface area contributed by atoms with Crippen LogP contribution in [0.2, 0.25) is 0 Å². The second kappa shape index (κ2) is 6.95. The standard InChI is InChI=1S/C16H18N2O5/c1-9(18-16(21)15-10(2)17-11(3)23-15)12-4-6-13(7-5-12)22-8-14(19)20/h4-7,9H,8H2,1-3H3,(H,18,21)(H,19,20). The number of carbonyl (C=O) groups excluding carboxylic acids is 1. The van der Waals surface area contributed by atoms with E-state index in [1.165, 1.54) is 0 Å². The molecule has 0 aliphatic rings. The van der Waals surface area contributed by atoms with Gasteiger partial charge in [0.25, 0.3) is 5.91 Å². The lowest BCUT2D eigenvalue weighted by Gasteiger charge is -2.14. The van der Waals surface area contributed by atoms with Gasteiger partial charge in [0.1, 0.15) is 5.75 Å². The zero-order valence-electron chi connectivity index (χ0n) is 13.1. The van der Waals surface area contributed by atoms with Crippen molar-refractivity contribution in [2.45, 2.75) is 26.8 Å². The molecule has 122 valence electrons. The minimum absolute atomic E-state index is 0.204. The molecule has 7 heteroatoms. The SMILES string of the molecule is Cc1nc(C)c(C(=O)NC(C)c2ccc(OCC(=O)O)cc2)o1. The fraction of sp³-hybridized carbons (Fsp3) is 0.312. The van der Waals surface area contributed by atoms with E-state index >= 15 is 0 Å². The van der Waals surface area contributed by atoms with Gasteiger partial charge in [-0.25, -0.2) is 9.78 Å². The Kier molecular flexibility index (Phi) is 5.00. The van der Waals surface area contributed by atoms with Crippen LogP contribution in [-0.2, 0) is 4.79 Å². The summed E-state index contributed by atoms with van der Waals surface area (Å²) in [4.78, 5) is 26.7. The maximum atomic E-state index is 12.2. The molecule has 0 aliphatic heterocycles. The Morgan fingerprint density at radius 1 is 1.30 bits per heavy atom. The van der Waals surface area contributed by atoms with Crippen molar-refractivity contribution in [2.24, 2.45) is 0 Å². The molecule has 2 rings (SSSR count). The maximum Gasteiger partial charge on any atom is 0.341 e. The molecule has 0 radical (unpaired) electrons. The molecule has 0 fully saturated rings. The lowest BCUT2D eigenvalue weighted by atomic mass is 10.1. The monoisotopic (exact) mass is 318 g/mol. The maximum absolute atomic E-state index is 12.2. The molecular formula is C16H18N2O5. The van der Waals surface area contributed by atoms with Crippen LogP contribution in [0.25, 0.3) is 0 Å². The van der Waals surface area contributed by atoms with Crippen LogP contribution in [0.15, 0.2) is 28.7 Å². The van der Waals surface area contributed by atoms with E-state index < -0.39 is 12.6 Å². The fourth-order valence-corrected chi connectivity index (χ4v) is 2.09. The van der Waals surface area contributed by atoms with Crippen LogP contribution in [0.1, 0.15) is 40.7 Å². The molecule has 23 heavy (non-hydrogen) atoms. The van der Waals surface area contributed by atoms with E-state index in [9.17, 15) is 9.59 Å². The summed E-state index contributed by atoms with van der Waals surface area (Å²) in [7, 11) is 0. The van der Waals surface area contributed by atoms with Gasteiger partial charge in [0.05, 0.1) is 11.7 Å². The molecular weight excluding hydrogens is 300 g/mol. The lowest BCUT2D eigenvalue weighted by Crippen LogP contribution is -2.26. The summed E-state index contributed by atoms with van der Waals surface area (Å²) in [5.74, 6) is -0.262. The average Bonchev–Trinajstić information content (AvgIpc) is 2.84. The Labute approximate surface area is 133 Å². The van der Waals surface area contributed by atoms with E-state index in [1.54, 1.807) is 38.1 Å². The highest BCUT2D eigenvalue weighted by atomic mass is 16.5. The number of hydrogen-bond donors (Lipinski definition) is 2. The minimum atomic E-state index is -1.03. The number of oxazole rings is 1. The number of aryl methyl sites for hydroxylation is 2. The van der Waals surface area contributed by atoms with Crippen molar-refractivity contribution in [3.05, 3.63) is 47.2 Å². The zero-order valence-corrected chi connectivity index (χ0v) is 13.1. The van der Waals surface area contributed by atoms with Gasteiger partial charge in [-0.15, -0.1) is 0 Å². The van der Waals surface area contributed by atoms with Gasteiger partial charge in [-0.05, 0) is 31.5 Å². The van der Waals surface area contributed by atoms with Crippen molar-refractivity contribution in [3.63, 3.8) is 0 Å². The van der Waals surface area contributed by atoms with E-state index in [0.717, 1.165) is 5.56 Å². The van der Waals surface area contributed by atoms with Crippen LogP contribution in [0.3, 0.4) is 0 Å². The van der Waals surface area contributed by atoms with Gasteiger partial charge in [0.15, 0.2) is 12.5 Å². The third-order valence-electron chi connectivity index (χ3n) is 3.20. The van der Waals surface area contributed by atoms with E-state index in [4.69, 9.17) is 14.3 Å². The van der Waals surface area contributed by atoms with Gasteiger partial charge in [-0.3, -0.25) is 4.79 Å². The van der Waals surface area contributed by atoms with Crippen LogP contribution in [0, 0.1) is 13.8 Å². The normalized spacial score (nSPS) is 11.8. The van der Waals surface area contributed by atoms with Crippen LogP contribution in [0.5, 0.6) is 5.75 Å². The second-order valence-corrected chi connectivity index (χ2v) is 5.09. The highest BCUT2D eigenvalue weighted by Crippen LogP contribution is 2.19. The van der Waals surface area contributed by atoms with Crippen molar-refractivity contribution in [2.75, 3.05) is 6.61 Å². The number of rotatable bonds is 6. The molecule has 0 bridgehead atoms. The highest BCUT2D eigenvalue weighted by molar-refractivity contribution is 5.92.